The van der Waals surface area contributed by atoms with Gasteiger partial charge in [0.15, 0.2) is 5.75 Å². The molecule has 0 atom stereocenters. The molecule has 1 saturated heterocycles. The molecular formula is C19H21BrN4OS. The number of nitrogens with zero attached hydrogens (tertiary/aromatic N) is 4. The van der Waals surface area contributed by atoms with Gasteiger partial charge in [-0.05, 0) is 80.3 Å². The van der Waals surface area contributed by atoms with E-state index in [2.05, 4.69) is 39.7 Å². The van der Waals surface area contributed by atoms with Gasteiger partial charge in [-0.25, -0.2) is 9.97 Å². The molecule has 3 aromatic rings. The average Bonchev–Trinajstić information content (AvgIpc) is 3.19. The Balaban J connectivity index is 1.77. The third kappa shape index (κ3) is 3.48. The van der Waals surface area contributed by atoms with Crippen molar-refractivity contribution < 1.29 is 4.74 Å². The second-order valence-electron chi connectivity index (χ2n) is 6.74. The zero-order chi connectivity index (χ0) is 18.3. The monoisotopic (exact) mass is 432 g/mol. The van der Waals surface area contributed by atoms with Gasteiger partial charge >= 0.3 is 0 Å². The highest BCUT2D eigenvalue weighted by Crippen LogP contribution is 2.38. The maximum absolute atomic E-state index is 6.20. The van der Waals surface area contributed by atoms with Crippen LogP contribution in [0.1, 0.15) is 34.8 Å². The van der Waals surface area contributed by atoms with Crippen molar-refractivity contribution in [2.75, 3.05) is 13.1 Å². The standard InChI is InChI=1S/C19H21BrN4OS/c1-11-6-7-14(17(20)21-11)25-18-16-12(2)13(3)26-19(16)23-15(22-18)10-24-8-4-5-9-24/h6-7H,4-5,8-10H2,1-3H3. The number of halogens is 1. The van der Waals surface area contributed by atoms with Crippen LogP contribution in [0.2, 0.25) is 0 Å². The fraction of sp³-hybridized carbons (Fsp3) is 0.421. The largest absolute Gasteiger partial charge is 0.435 e. The van der Waals surface area contributed by atoms with E-state index in [4.69, 9.17) is 14.7 Å². The van der Waals surface area contributed by atoms with Gasteiger partial charge in [-0.1, -0.05) is 0 Å². The summed E-state index contributed by atoms with van der Waals surface area (Å²) in [6.07, 6.45) is 2.51. The third-order valence-corrected chi connectivity index (χ3v) is 6.44. The Morgan fingerprint density at radius 2 is 1.88 bits per heavy atom. The number of rotatable bonds is 4. The fourth-order valence-electron chi connectivity index (χ4n) is 3.23. The van der Waals surface area contributed by atoms with Crippen LogP contribution in [-0.4, -0.2) is 32.9 Å². The second kappa shape index (κ2) is 7.21. The Labute approximate surface area is 165 Å². The van der Waals surface area contributed by atoms with E-state index in [1.165, 1.54) is 23.3 Å². The van der Waals surface area contributed by atoms with Gasteiger partial charge in [0.2, 0.25) is 5.88 Å². The zero-order valence-electron chi connectivity index (χ0n) is 15.2. The lowest BCUT2D eigenvalue weighted by Crippen LogP contribution is -2.20. The van der Waals surface area contributed by atoms with Crippen LogP contribution >= 0.6 is 27.3 Å². The highest BCUT2D eigenvalue weighted by Gasteiger charge is 2.20. The molecule has 4 heterocycles. The number of ether oxygens (including phenoxy) is 1. The van der Waals surface area contributed by atoms with Crippen LogP contribution in [0, 0.1) is 20.8 Å². The molecule has 0 bridgehead atoms. The van der Waals surface area contributed by atoms with Gasteiger partial charge in [0, 0.05) is 10.6 Å². The van der Waals surface area contributed by atoms with Crippen molar-refractivity contribution >= 4 is 37.5 Å². The van der Waals surface area contributed by atoms with Crippen LogP contribution in [0.5, 0.6) is 11.6 Å². The van der Waals surface area contributed by atoms with Crippen molar-refractivity contribution in [2.24, 2.45) is 0 Å². The molecule has 26 heavy (non-hydrogen) atoms. The normalized spacial score (nSPS) is 15.1. The van der Waals surface area contributed by atoms with Crippen LogP contribution in [0.3, 0.4) is 0 Å². The molecule has 4 rings (SSSR count). The summed E-state index contributed by atoms with van der Waals surface area (Å²) < 4.78 is 6.89. The summed E-state index contributed by atoms with van der Waals surface area (Å²) >= 11 is 5.20. The summed E-state index contributed by atoms with van der Waals surface area (Å²) in [7, 11) is 0. The third-order valence-electron chi connectivity index (χ3n) is 4.77. The van der Waals surface area contributed by atoms with Gasteiger partial charge in [-0.2, -0.15) is 4.98 Å². The summed E-state index contributed by atoms with van der Waals surface area (Å²) in [5.41, 5.74) is 2.12. The Hall–Kier alpha value is -1.57. The number of pyridine rings is 1. The predicted molar refractivity (Wildman–Crippen MR) is 108 cm³/mol. The van der Waals surface area contributed by atoms with Crippen molar-refractivity contribution in [1.29, 1.82) is 0 Å². The number of likely N-dealkylation sites (tertiary alicyclic amines) is 1. The summed E-state index contributed by atoms with van der Waals surface area (Å²) in [5, 5.41) is 1.00. The van der Waals surface area contributed by atoms with E-state index < -0.39 is 0 Å². The molecular weight excluding hydrogens is 412 g/mol. The molecule has 0 amide bonds. The SMILES string of the molecule is Cc1ccc(Oc2nc(CN3CCCC3)nc3sc(C)c(C)c23)c(Br)n1. The van der Waals surface area contributed by atoms with E-state index in [1.54, 1.807) is 11.3 Å². The number of thiophene rings is 1. The summed E-state index contributed by atoms with van der Waals surface area (Å²) in [6.45, 7) is 9.19. The Kier molecular flexibility index (Phi) is 4.94. The summed E-state index contributed by atoms with van der Waals surface area (Å²) in [6, 6.07) is 3.87. The highest BCUT2D eigenvalue weighted by molar-refractivity contribution is 9.10. The van der Waals surface area contributed by atoms with E-state index in [-0.39, 0.29) is 0 Å². The maximum atomic E-state index is 6.20. The summed E-state index contributed by atoms with van der Waals surface area (Å²) in [5.74, 6) is 2.12. The predicted octanol–water partition coefficient (Wildman–Crippen LogP) is 5.16. The van der Waals surface area contributed by atoms with Crippen LogP contribution in [0.25, 0.3) is 10.2 Å². The van der Waals surface area contributed by atoms with Crippen LogP contribution in [0.15, 0.2) is 16.7 Å². The van der Waals surface area contributed by atoms with Crippen LogP contribution < -0.4 is 4.74 Å². The molecule has 0 aliphatic carbocycles. The molecule has 0 aromatic carbocycles. The molecule has 0 N–H and O–H groups in total. The lowest BCUT2D eigenvalue weighted by Gasteiger charge is -2.15. The fourth-order valence-corrected chi connectivity index (χ4v) is 4.76. The summed E-state index contributed by atoms with van der Waals surface area (Å²) in [4.78, 5) is 18.7. The van der Waals surface area contributed by atoms with Crippen molar-refractivity contribution in [3.05, 3.63) is 38.7 Å². The van der Waals surface area contributed by atoms with Crippen molar-refractivity contribution in [3.63, 3.8) is 0 Å². The smallest absolute Gasteiger partial charge is 0.231 e. The van der Waals surface area contributed by atoms with Crippen molar-refractivity contribution in [1.82, 2.24) is 19.9 Å². The first-order chi connectivity index (χ1) is 12.5. The number of fused-ring (bicyclic) bond motifs is 1. The molecule has 7 heteroatoms. The molecule has 0 saturated carbocycles. The first kappa shape index (κ1) is 17.8. The van der Waals surface area contributed by atoms with Gasteiger partial charge in [-0.15, -0.1) is 11.3 Å². The molecule has 1 aliphatic rings. The topological polar surface area (TPSA) is 51.1 Å². The molecule has 0 radical (unpaired) electrons. The Bertz CT molecular complexity index is 966. The van der Waals surface area contributed by atoms with E-state index in [9.17, 15) is 0 Å². The van der Waals surface area contributed by atoms with Gasteiger partial charge < -0.3 is 4.74 Å². The van der Waals surface area contributed by atoms with E-state index in [0.717, 1.165) is 41.4 Å². The molecule has 0 unspecified atom stereocenters. The molecule has 1 aliphatic heterocycles. The van der Waals surface area contributed by atoms with Gasteiger partial charge in [-0.3, -0.25) is 4.90 Å². The highest BCUT2D eigenvalue weighted by atomic mass is 79.9. The quantitative estimate of drug-likeness (QED) is 0.532. The number of hydrogen-bond acceptors (Lipinski definition) is 6. The van der Waals surface area contributed by atoms with Crippen LogP contribution in [-0.2, 0) is 6.54 Å². The van der Waals surface area contributed by atoms with E-state index >= 15 is 0 Å². The lowest BCUT2D eigenvalue weighted by atomic mass is 10.2. The first-order valence-corrected chi connectivity index (χ1v) is 10.4. The molecule has 1 fully saturated rings. The first-order valence-electron chi connectivity index (χ1n) is 8.81. The average molecular weight is 433 g/mol. The number of hydrogen-bond donors (Lipinski definition) is 0. The molecule has 0 spiro atoms. The zero-order valence-corrected chi connectivity index (χ0v) is 17.6. The maximum Gasteiger partial charge on any atom is 0.231 e. The Morgan fingerprint density at radius 3 is 2.62 bits per heavy atom. The lowest BCUT2D eigenvalue weighted by molar-refractivity contribution is 0.321. The van der Waals surface area contributed by atoms with Crippen LogP contribution in [0.4, 0.5) is 0 Å². The van der Waals surface area contributed by atoms with Crippen molar-refractivity contribution in [2.45, 2.75) is 40.2 Å². The molecule has 3 aromatic heterocycles. The minimum atomic E-state index is 0.623. The van der Waals surface area contributed by atoms with Crippen molar-refractivity contribution in [3.8, 4) is 11.6 Å². The van der Waals surface area contributed by atoms with Gasteiger partial charge in [0.1, 0.15) is 15.3 Å². The number of aromatic nitrogens is 3. The van der Waals surface area contributed by atoms with E-state index in [1.807, 2.05) is 19.1 Å². The molecule has 136 valence electrons. The second-order valence-corrected chi connectivity index (χ2v) is 8.69. The van der Waals surface area contributed by atoms with Gasteiger partial charge in [0.05, 0.1) is 11.9 Å². The number of aryl methyl sites for hydroxylation is 3. The van der Waals surface area contributed by atoms with Gasteiger partial charge in [0.25, 0.3) is 0 Å². The Morgan fingerprint density at radius 1 is 1.12 bits per heavy atom. The minimum absolute atomic E-state index is 0.623. The van der Waals surface area contributed by atoms with E-state index in [0.29, 0.717) is 16.2 Å². The molecule has 5 nitrogen and oxygen atoms in total. The minimum Gasteiger partial charge on any atom is -0.435 e.